The van der Waals surface area contributed by atoms with Gasteiger partial charge in [0.2, 0.25) is 0 Å². The number of hydrogen-bond acceptors (Lipinski definition) is 3. The van der Waals surface area contributed by atoms with E-state index in [-0.39, 0.29) is 12.1 Å². The van der Waals surface area contributed by atoms with Gasteiger partial charge in [-0.1, -0.05) is 0 Å². The largest absolute Gasteiger partial charge is 0.454 e. The monoisotopic (exact) mass is 292 g/mol. The third-order valence-corrected chi connectivity index (χ3v) is 2.61. The normalized spacial score (nSPS) is 12.3. The predicted octanol–water partition coefficient (Wildman–Crippen LogP) is 2.26. The van der Waals surface area contributed by atoms with Crippen LogP contribution in [-0.4, -0.2) is 61.5 Å². The minimum Gasteiger partial charge on any atom is -0.454 e. The maximum absolute atomic E-state index is 11.5. The molecule has 0 aliphatic rings. The summed E-state index contributed by atoms with van der Waals surface area (Å²) in [6.45, 7) is 3.36. The third-order valence-electron chi connectivity index (χ3n) is 2.61. The van der Waals surface area contributed by atoms with Crippen LogP contribution >= 0.6 is 0 Å². The highest BCUT2D eigenvalue weighted by molar-refractivity contribution is 6.05. The third kappa shape index (κ3) is 4.55. The summed E-state index contributed by atoms with van der Waals surface area (Å²) in [5.41, 5.74) is 0.929. The lowest BCUT2D eigenvalue weighted by Gasteiger charge is -2.06. The highest BCUT2D eigenvalue weighted by Gasteiger charge is 2.11. The quantitative estimate of drug-likeness (QED) is 0.784. The van der Waals surface area contributed by atoms with Crippen molar-refractivity contribution in [1.29, 1.82) is 0 Å². The Bertz CT molecular complexity index is 547. The van der Waals surface area contributed by atoms with E-state index in [2.05, 4.69) is 9.98 Å². The first kappa shape index (κ1) is 16.6. The Kier molecular flexibility index (Phi) is 5.40. The molecule has 7 heteroatoms. The Hall–Kier alpha value is -2.44. The SMILES string of the molecule is C/C(=N\C(=O)N(C)C)c1ccc(/C(C)=N/C(=O)N(C)C)o1. The lowest BCUT2D eigenvalue weighted by atomic mass is 10.3. The molecule has 0 atom stereocenters. The van der Waals surface area contributed by atoms with Crippen LogP contribution in [0.2, 0.25) is 0 Å². The Labute approximate surface area is 124 Å². The van der Waals surface area contributed by atoms with Crippen LogP contribution in [0.5, 0.6) is 0 Å². The molecule has 21 heavy (non-hydrogen) atoms. The van der Waals surface area contributed by atoms with Gasteiger partial charge in [-0.2, -0.15) is 9.98 Å². The fourth-order valence-electron chi connectivity index (χ4n) is 1.32. The summed E-state index contributed by atoms with van der Waals surface area (Å²) in [4.78, 5) is 33.6. The molecule has 0 bridgehead atoms. The average molecular weight is 292 g/mol. The van der Waals surface area contributed by atoms with Crippen LogP contribution in [0.3, 0.4) is 0 Å². The lowest BCUT2D eigenvalue weighted by Crippen LogP contribution is -2.19. The molecule has 0 aliphatic heterocycles. The maximum atomic E-state index is 11.5. The molecular weight excluding hydrogens is 272 g/mol. The van der Waals surface area contributed by atoms with Gasteiger partial charge >= 0.3 is 12.1 Å². The molecule has 0 radical (unpaired) electrons. The molecule has 0 unspecified atom stereocenters. The Morgan fingerprint density at radius 3 is 1.48 bits per heavy atom. The van der Waals surface area contributed by atoms with Gasteiger partial charge in [0.05, 0.1) is 11.4 Å². The number of aliphatic imine (C=N–C) groups is 2. The molecule has 0 fully saturated rings. The van der Waals surface area contributed by atoms with E-state index in [1.54, 1.807) is 54.2 Å². The van der Waals surface area contributed by atoms with Gasteiger partial charge in [0, 0.05) is 28.2 Å². The number of furan rings is 1. The van der Waals surface area contributed by atoms with E-state index in [0.29, 0.717) is 22.9 Å². The molecule has 0 saturated carbocycles. The van der Waals surface area contributed by atoms with Crippen LogP contribution in [0.25, 0.3) is 0 Å². The van der Waals surface area contributed by atoms with Crippen molar-refractivity contribution in [3.63, 3.8) is 0 Å². The average Bonchev–Trinajstić information content (AvgIpc) is 2.87. The van der Waals surface area contributed by atoms with Gasteiger partial charge in [0.1, 0.15) is 11.5 Å². The standard InChI is InChI=1S/C14H20N4O3/c1-9(15-13(19)17(3)4)11-7-8-12(21-11)10(2)16-14(20)18(5)6/h7-8H,1-6H3/b15-9+,16-10+. The van der Waals surface area contributed by atoms with Crippen molar-refractivity contribution in [1.82, 2.24) is 9.80 Å². The van der Waals surface area contributed by atoms with Crippen molar-refractivity contribution in [2.24, 2.45) is 9.98 Å². The maximum Gasteiger partial charge on any atom is 0.343 e. The zero-order chi connectivity index (χ0) is 16.2. The molecule has 7 nitrogen and oxygen atoms in total. The Morgan fingerprint density at radius 1 is 0.857 bits per heavy atom. The van der Waals surface area contributed by atoms with Crippen molar-refractivity contribution in [3.8, 4) is 0 Å². The minimum atomic E-state index is -0.362. The minimum absolute atomic E-state index is 0.362. The molecule has 1 rings (SSSR count). The molecule has 1 aromatic heterocycles. The van der Waals surface area contributed by atoms with Crippen molar-refractivity contribution in [2.45, 2.75) is 13.8 Å². The molecule has 1 aromatic rings. The van der Waals surface area contributed by atoms with Gasteiger partial charge in [-0.15, -0.1) is 0 Å². The summed E-state index contributed by atoms with van der Waals surface area (Å²) < 4.78 is 5.57. The molecule has 0 spiro atoms. The number of urea groups is 2. The van der Waals surface area contributed by atoms with Crippen molar-refractivity contribution in [2.75, 3.05) is 28.2 Å². The second-order valence-corrected chi connectivity index (χ2v) is 4.91. The van der Waals surface area contributed by atoms with E-state index < -0.39 is 0 Å². The van der Waals surface area contributed by atoms with Crippen LogP contribution in [0.4, 0.5) is 9.59 Å². The van der Waals surface area contributed by atoms with Crippen LogP contribution in [-0.2, 0) is 0 Å². The number of carbonyl (C=O) groups excluding carboxylic acids is 2. The zero-order valence-corrected chi connectivity index (χ0v) is 13.2. The fraction of sp³-hybridized carbons (Fsp3) is 0.429. The van der Waals surface area contributed by atoms with E-state index in [9.17, 15) is 9.59 Å². The van der Waals surface area contributed by atoms with Crippen molar-refractivity contribution in [3.05, 3.63) is 23.7 Å². The molecule has 114 valence electrons. The molecule has 0 N–H and O–H groups in total. The number of hydrogen-bond donors (Lipinski definition) is 0. The molecule has 0 aliphatic carbocycles. The molecule has 0 saturated heterocycles. The first-order valence-corrected chi connectivity index (χ1v) is 6.36. The van der Waals surface area contributed by atoms with Crippen molar-refractivity contribution < 1.29 is 14.0 Å². The summed E-state index contributed by atoms with van der Waals surface area (Å²) in [5, 5.41) is 0. The number of rotatable bonds is 2. The van der Waals surface area contributed by atoms with Gasteiger partial charge in [0.15, 0.2) is 0 Å². The van der Waals surface area contributed by atoms with E-state index in [1.807, 2.05) is 0 Å². The van der Waals surface area contributed by atoms with Crippen LogP contribution < -0.4 is 0 Å². The smallest absolute Gasteiger partial charge is 0.343 e. The molecule has 0 aromatic carbocycles. The van der Waals surface area contributed by atoms with E-state index in [4.69, 9.17) is 4.42 Å². The summed E-state index contributed by atoms with van der Waals surface area (Å²) in [6, 6.07) is 2.66. The van der Waals surface area contributed by atoms with Crippen LogP contribution in [0.1, 0.15) is 25.4 Å². The van der Waals surface area contributed by atoms with Crippen LogP contribution in [0.15, 0.2) is 26.5 Å². The first-order valence-electron chi connectivity index (χ1n) is 6.36. The molecule has 1 heterocycles. The second kappa shape index (κ2) is 6.83. The van der Waals surface area contributed by atoms with Crippen LogP contribution in [0, 0.1) is 0 Å². The Balaban J connectivity index is 2.96. The fourth-order valence-corrected chi connectivity index (χ4v) is 1.32. The first-order chi connectivity index (χ1) is 9.72. The summed E-state index contributed by atoms with van der Waals surface area (Å²) in [7, 11) is 6.49. The highest BCUT2D eigenvalue weighted by atomic mass is 16.3. The van der Waals surface area contributed by atoms with E-state index in [1.165, 1.54) is 9.80 Å². The van der Waals surface area contributed by atoms with Crippen molar-refractivity contribution >= 4 is 23.5 Å². The molecular formula is C14H20N4O3. The number of nitrogens with zero attached hydrogens (tertiary/aromatic N) is 4. The summed E-state index contributed by atoms with van der Waals surface area (Å²) in [6.07, 6.45) is 0. The molecule has 4 amide bonds. The topological polar surface area (TPSA) is 78.5 Å². The summed E-state index contributed by atoms with van der Waals surface area (Å²) >= 11 is 0. The number of carbonyl (C=O) groups is 2. The van der Waals surface area contributed by atoms with Gasteiger partial charge in [-0.05, 0) is 26.0 Å². The second-order valence-electron chi connectivity index (χ2n) is 4.91. The lowest BCUT2D eigenvalue weighted by molar-refractivity contribution is 0.226. The van der Waals surface area contributed by atoms with E-state index in [0.717, 1.165) is 0 Å². The predicted molar refractivity (Wildman–Crippen MR) is 81.3 cm³/mol. The van der Waals surface area contributed by atoms with Gasteiger partial charge < -0.3 is 14.2 Å². The van der Waals surface area contributed by atoms with Gasteiger partial charge in [-0.25, -0.2) is 9.59 Å². The summed E-state index contributed by atoms with van der Waals surface area (Å²) in [5.74, 6) is 0.930. The highest BCUT2D eigenvalue weighted by Crippen LogP contribution is 2.11. The number of amides is 4. The van der Waals surface area contributed by atoms with E-state index >= 15 is 0 Å². The van der Waals surface area contributed by atoms with Gasteiger partial charge in [-0.3, -0.25) is 0 Å². The Morgan fingerprint density at radius 2 is 1.19 bits per heavy atom. The zero-order valence-electron chi connectivity index (χ0n) is 13.2. The van der Waals surface area contributed by atoms with Gasteiger partial charge in [0.25, 0.3) is 0 Å².